The standard InChI is InChI=1S/C12H25NO2/c1-11(8-15-3)13(2)9-12(10-14)6-4-5-7-12/h11,14H,4-10H2,1-3H3. The Hall–Kier alpha value is -0.120. The van der Waals surface area contributed by atoms with Crippen LogP contribution < -0.4 is 0 Å². The van der Waals surface area contributed by atoms with Crippen molar-refractivity contribution in [2.24, 2.45) is 5.41 Å². The van der Waals surface area contributed by atoms with E-state index in [2.05, 4.69) is 18.9 Å². The highest BCUT2D eigenvalue weighted by molar-refractivity contribution is 4.87. The minimum atomic E-state index is 0.163. The first-order valence-electron chi connectivity index (χ1n) is 5.93. The molecular weight excluding hydrogens is 190 g/mol. The van der Waals surface area contributed by atoms with Gasteiger partial charge in [0, 0.05) is 31.7 Å². The van der Waals surface area contributed by atoms with Crippen molar-refractivity contribution in [1.29, 1.82) is 0 Å². The van der Waals surface area contributed by atoms with Gasteiger partial charge in [0.1, 0.15) is 0 Å². The Kier molecular flexibility index (Phi) is 5.03. The lowest BCUT2D eigenvalue weighted by Crippen LogP contribution is -2.42. The van der Waals surface area contributed by atoms with Gasteiger partial charge in [-0.25, -0.2) is 0 Å². The summed E-state index contributed by atoms with van der Waals surface area (Å²) in [5, 5.41) is 9.52. The lowest BCUT2D eigenvalue weighted by Gasteiger charge is -2.34. The summed E-state index contributed by atoms with van der Waals surface area (Å²) >= 11 is 0. The third-order valence-electron chi connectivity index (χ3n) is 3.74. The molecule has 1 atom stereocenters. The minimum Gasteiger partial charge on any atom is -0.396 e. The molecule has 3 heteroatoms. The van der Waals surface area contributed by atoms with Crippen molar-refractivity contribution in [3.63, 3.8) is 0 Å². The van der Waals surface area contributed by atoms with Crippen molar-refractivity contribution in [3.8, 4) is 0 Å². The number of rotatable bonds is 6. The summed E-state index contributed by atoms with van der Waals surface area (Å²) < 4.78 is 5.15. The topological polar surface area (TPSA) is 32.7 Å². The van der Waals surface area contributed by atoms with E-state index >= 15 is 0 Å². The van der Waals surface area contributed by atoms with Gasteiger partial charge in [0.2, 0.25) is 0 Å². The van der Waals surface area contributed by atoms with Gasteiger partial charge in [-0.2, -0.15) is 0 Å². The molecule has 1 aliphatic rings. The molecule has 0 aromatic heterocycles. The molecule has 0 saturated heterocycles. The van der Waals surface area contributed by atoms with Gasteiger partial charge < -0.3 is 14.7 Å². The molecule has 15 heavy (non-hydrogen) atoms. The van der Waals surface area contributed by atoms with Crippen molar-refractivity contribution < 1.29 is 9.84 Å². The van der Waals surface area contributed by atoms with Crippen LogP contribution in [0.25, 0.3) is 0 Å². The lowest BCUT2D eigenvalue weighted by atomic mass is 9.86. The van der Waals surface area contributed by atoms with Gasteiger partial charge in [-0.3, -0.25) is 0 Å². The Morgan fingerprint density at radius 2 is 2.00 bits per heavy atom. The van der Waals surface area contributed by atoms with E-state index in [1.165, 1.54) is 25.7 Å². The summed E-state index contributed by atoms with van der Waals surface area (Å²) in [5.74, 6) is 0. The molecule has 0 amide bonds. The Bertz CT molecular complexity index is 178. The fraction of sp³-hybridized carbons (Fsp3) is 1.00. The van der Waals surface area contributed by atoms with Gasteiger partial charge in [-0.15, -0.1) is 0 Å². The molecule has 3 nitrogen and oxygen atoms in total. The zero-order valence-corrected chi connectivity index (χ0v) is 10.3. The van der Waals surface area contributed by atoms with Crippen molar-refractivity contribution in [2.45, 2.75) is 38.6 Å². The number of methoxy groups -OCH3 is 1. The molecule has 0 radical (unpaired) electrons. The van der Waals surface area contributed by atoms with Crippen LogP contribution in [0.5, 0.6) is 0 Å². The van der Waals surface area contributed by atoms with Crippen molar-refractivity contribution >= 4 is 0 Å². The molecule has 0 aromatic rings. The van der Waals surface area contributed by atoms with Crippen LogP contribution in [0.1, 0.15) is 32.6 Å². The van der Waals surface area contributed by atoms with Crippen LogP contribution in [-0.2, 0) is 4.74 Å². The SMILES string of the molecule is COCC(C)N(C)CC1(CO)CCCC1. The quantitative estimate of drug-likeness (QED) is 0.729. The van der Waals surface area contributed by atoms with E-state index in [0.29, 0.717) is 12.6 Å². The van der Waals surface area contributed by atoms with Crippen LogP contribution in [0.3, 0.4) is 0 Å². The Morgan fingerprint density at radius 1 is 1.40 bits per heavy atom. The highest BCUT2D eigenvalue weighted by atomic mass is 16.5. The second-order valence-electron chi connectivity index (χ2n) is 5.08. The van der Waals surface area contributed by atoms with Gasteiger partial charge in [0.05, 0.1) is 6.61 Å². The largest absolute Gasteiger partial charge is 0.396 e. The fourth-order valence-electron chi connectivity index (χ4n) is 2.54. The Balaban J connectivity index is 2.43. The molecule has 0 bridgehead atoms. The first kappa shape index (κ1) is 12.9. The van der Waals surface area contributed by atoms with Crippen LogP contribution in [-0.4, -0.2) is 50.0 Å². The minimum absolute atomic E-state index is 0.163. The van der Waals surface area contributed by atoms with E-state index < -0.39 is 0 Å². The van der Waals surface area contributed by atoms with Gasteiger partial charge in [0.25, 0.3) is 0 Å². The third-order valence-corrected chi connectivity index (χ3v) is 3.74. The number of ether oxygens (including phenoxy) is 1. The molecule has 1 saturated carbocycles. The van der Waals surface area contributed by atoms with Crippen molar-refractivity contribution in [1.82, 2.24) is 4.90 Å². The number of aliphatic hydroxyl groups excluding tert-OH is 1. The normalized spacial score (nSPS) is 22.2. The van der Waals surface area contributed by atoms with E-state index in [1.807, 2.05) is 0 Å². The predicted octanol–water partition coefficient (Wildman–Crippen LogP) is 1.51. The molecule has 0 aromatic carbocycles. The van der Waals surface area contributed by atoms with Gasteiger partial charge in [-0.1, -0.05) is 12.8 Å². The summed E-state index contributed by atoms with van der Waals surface area (Å²) in [6, 6.07) is 0.430. The van der Waals surface area contributed by atoms with E-state index in [-0.39, 0.29) is 5.41 Å². The van der Waals surface area contributed by atoms with Gasteiger partial charge in [-0.05, 0) is 26.8 Å². The van der Waals surface area contributed by atoms with E-state index in [4.69, 9.17) is 4.74 Å². The smallest absolute Gasteiger partial charge is 0.0615 e. The molecule has 1 N–H and O–H groups in total. The maximum atomic E-state index is 9.52. The van der Waals surface area contributed by atoms with Crippen LogP contribution in [0, 0.1) is 5.41 Å². The average Bonchev–Trinajstić information content (AvgIpc) is 2.67. The lowest BCUT2D eigenvalue weighted by molar-refractivity contribution is 0.0500. The summed E-state index contributed by atoms with van der Waals surface area (Å²) in [5.41, 5.74) is 0.163. The van der Waals surface area contributed by atoms with Crippen molar-refractivity contribution in [2.75, 3.05) is 33.9 Å². The highest BCUT2D eigenvalue weighted by Crippen LogP contribution is 2.38. The third kappa shape index (κ3) is 3.44. The van der Waals surface area contributed by atoms with Crippen LogP contribution in [0.2, 0.25) is 0 Å². The molecule has 0 aliphatic heterocycles. The van der Waals surface area contributed by atoms with E-state index in [9.17, 15) is 5.11 Å². The molecule has 0 heterocycles. The molecule has 0 spiro atoms. The number of likely N-dealkylation sites (N-methyl/N-ethyl adjacent to an activating group) is 1. The highest BCUT2D eigenvalue weighted by Gasteiger charge is 2.34. The molecular formula is C12H25NO2. The Labute approximate surface area is 93.4 Å². The predicted molar refractivity (Wildman–Crippen MR) is 62.0 cm³/mol. The number of nitrogens with zero attached hydrogens (tertiary/aromatic N) is 1. The zero-order valence-electron chi connectivity index (χ0n) is 10.3. The maximum Gasteiger partial charge on any atom is 0.0615 e. The zero-order chi connectivity index (χ0) is 11.3. The van der Waals surface area contributed by atoms with Crippen LogP contribution >= 0.6 is 0 Å². The summed E-state index contributed by atoms with van der Waals surface area (Å²) in [6.45, 7) is 4.26. The molecule has 1 unspecified atom stereocenters. The van der Waals surface area contributed by atoms with E-state index in [1.54, 1.807) is 7.11 Å². The first-order valence-corrected chi connectivity index (χ1v) is 5.93. The summed E-state index contributed by atoms with van der Waals surface area (Å²) in [6.07, 6.45) is 4.89. The average molecular weight is 215 g/mol. The van der Waals surface area contributed by atoms with Crippen molar-refractivity contribution in [3.05, 3.63) is 0 Å². The maximum absolute atomic E-state index is 9.52. The first-order chi connectivity index (χ1) is 7.13. The molecule has 1 rings (SSSR count). The van der Waals surface area contributed by atoms with Crippen LogP contribution in [0.4, 0.5) is 0 Å². The molecule has 1 aliphatic carbocycles. The molecule has 90 valence electrons. The van der Waals surface area contributed by atoms with Crippen LogP contribution in [0.15, 0.2) is 0 Å². The molecule has 1 fully saturated rings. The van der Waals surface area contributed by atoms with Gasteiger partial charge >= 0.3 is 0 Å². The number of hydrogen-bond acceptors (Lipinski definition) is 3. The van der Waals surface area contributed by atoms with E-state index in [0.717, 1.165) is 13.2 Å². The second-order valence-corrected chi connectivity index (χ2v) is 5.08. The Morgan fingerprint density at radius 3 is 2.47 bits per heavy atom. The monoisotopic (exact) mass is 215 g/mol. The fourth-order valence-corrected chi connectivity index (χ4v) is 2.54. The van der Waals surface area contributed by atoms with Gasteiger partial charge in [0.15, 0.2) is 0 Å². The summed E-state index contributed by atoms with van der Waals surface area (Å²) in [7, 11) is 3.86. The second kappa shape index (κ2) is 5.83. The number of hydrogen-bond donors (Lipinski definition) is 1. The summed E-state index contributed by atoms with van der Waals surface area (Å²) in [4.78, 5) is 2.31. The number of aliphatic hydroxyl groups is 1.